The van der Waals surface area contributed by atoms with Gasteiger partial charge in [-0.1, -0.05) is 0 Å². The van der Waals surface area contributed by atoms with Crippen LogP contribution in [0.3, 0.4) is 0 Å². The SMILES string of the molecule is COc1cc(C#N)ccc1OCCCC(=O)NCCN1CC(C)OC(C)C1. The third-order valence-electron chi connectivity index (χ3n) is 4.34. The van der Waals surface area contributed by atoms with Crippen molar-refractivity contribution in [1.82, 2.24) is 10.2 Å². The van der Waals surface area contributed by atoms with Crippen LogP contribution in [-0.4, -0.2) is 62.9 Å². The molecule has 0 spiro atoms. The number of methoxy groups -OCH3 is 1. The van der Waals surface area contributed by atoms with Gasteiger partial charge in [0.1, 0.15) is 0 Å². The number of nitrogens with zero attached hydrogens (tertiary/aromatic N) is 2. The molecule has 1 aliphatic heterocycles. The number of rotatable bonds is 9. The third kappa shape index (κ3) is 7.08. The lowest BCUT2D eigenvalue weighted by atomic mass is 10.2. The van der Waals surface area contributed by atoms with Gasteiger partial charge in [-0.15, -0.1) is 0 Å². The largest absolute Gasteiger partial charge is 0.493 e. The molecule has 1 saturated heterocycles. The van der Waals surface area contributed by atoms with Gasteiger partial charge in [0, 0.05) is 38.7 Å². The fourth-order valence-corrected chi connectivity index (χ4v) is 3.18. The van der Waals surface area contributed by atoms with Crippen LogP contribution in [0.15, 0.2) is 18.2 Å². The maximum absolute atomic E-state index is 12.0. The van der Waals surface area contributed by atoms with E-state index in [1.54, 1.807) is 18.2 Å². The minimum absolute atomic E-state index is 0.0275. The lowest BCUT2D eigenvalue weighted by molar-refractivity contribution is -0.121. The second kappa shape index (κ2) is 10.8. The zero-order valence-electron chi connectivity index (χ0n) is 16.4. The van der Waals surface area contributed by atoms with E-state index < -0.39 is 0 Å². The Hall–Kier alpha value is -2.30. The molecule has 0 saturated carbocycles. The van der Waals surface area contributed by atoms with E-state index in [1.807, 2.05) is 0 Å². The zero-order valence-corrected chi connectivity index (χ0v) is 16.4. The van der Waals surface area contributed by atoms with Crippen LogP contribution in [0, 0.1) is 11.3 Å². The fraction of sp³-hybridized carbons (Fsp3) is 0.600. The average molecular weight is 375 g/mol. The number of hydrogen-bond acceptors (Lipinski definition) is 6. The molecule has 7 nitrogen and oxygen atoms in total. The Kier molecular flexibility index (Phi) is 8.37. The number of carbonyl (C=O) groups is 1. The number of ether oxygens (including phenoxy) is 3. The van der Waals surface area contributed by atoms with Crippen LogP contribution in [0.25, 0.3) is 0 Å². The Bertz CT molecular complexity index is 649. The second-order valence-electron chi connectivity index (χ2n) is 6.80. The van der Waals surface area contributed by atoms with E-state index in [1.165, 1.54) is 7.11 Å². The highest BCUT2D eigenvalue weighted by Crippen LogP contribution is 2.27. The van der Waals surface area contributed by atoms with Crippen LogP contribution in [0.4, 0.5) is 0 Å². The van der Waals surface area contributed by atoms with Gasteiger partial charge in [0.15, 0.2) is 11.5 Å². The molecule has 7 heteroatoms. The van der Waals surface area contributed by atoms with Crippen molar-refractivity contribution in [3.63, 3.8) is 0 Å². The van der Waals surface area contributed by atoms with Gasteiger partial charge in [0.25, 0.3) is 0 Å². The van der Waals surface area contributed by atoms with Crippen LogP contribution < -0.4 is 14.8 Å². The van der Waals surface area contributed by atoms with Crippen molar-refractivity contribution in [2.45, 2.75) is 38.9 Å². The number of nitriles is 1. The summed E-state index contributed by atoms with van der Waals surface area (Å²) in [6.07, 6.45) is 1.50. The van der Waals surface area contributed by atoms with Crippen molar-refractivity contribution < 1.29 is 19.0 Å². The lowest BCUT2D eigenvalue weighted by Gasteiger charge is -2.35. The minimum atomic E-state index is 0.0275. The molecule has 2 atom stereocenters. The molecule has 0 radical (unpaired) electrons. The zero-order chi connectivity index (χ0) is 19.6. The fourth-order valence-electron chi connectivity index (χ4n) is 3.18. The van der Waals surface area contributed by atoms with Gasteiger partial charge in [-0.25, -0.2) is 0 Å². The van der Waals surface area contributed by atoms with Crippen LogP contribution in [0.2, 0.25) is 0 Å². The van der Waals surface area contributed by atoms with Gasteiger partial charge in [0.05, 0.1) is 37.6 Å². The van der Waals surface area contributed by atoms with E-state index in [-0.39, 0.29) is 18.1 Å². The molecule has 0 bridgehead atoms. The van der Waals surface area contributed by atoms with Gasteiger partial charge in [-0.05, 0) is 32.4 Å². The summed E-state index contributed by atoms with van der Waals surface area (Å²) in [5.41, 5.74) is 0.516. The standard InChI is InChI=1S/C20H29N3O4/c1-15-13-23(14-16(2)27-15)9-8-22-20(24)5-4-10-26-18-7-6-17(12-21)11-19(18)25-3/h6-7,11,15-16H,4-5,8-10,13-14H2,1-3H3,(H,22,24). The van der Waals surface area contributed by atoms with Crippen LogP contribution in [0.5, 0.6) is 11.5 Å². The molecule has 2 rings (SSSR count). The summed E-state index contributed by atoms with van der Waals surface area (Å²) in [4.78, 5) is 14.3. The molecular weight excluding hydrogens is 346 g/mol. The molecular formula is C20H29N3O4. The Morgan fingerprint density at radius 3 is 2.74 bits per heavy atom. The monoisotopic (exact) mass is 375 g/mol. The summed E-state index contributed by atoms with van der Waals surface area (Å²) >= 11 is 0. The topological polar surface area (TPSA) is 83.8 Å². The number of amides is 1. The molecule has 27 heavy (non-hydrogen) atoms. The highest BCUT2D eigenvalue weighted by molar-refractivity contribution is 5.75. The molecule has 1 aromatic carbocycles. The van der Waals surface area contributed by atoms with Crippen molar-refractivity contribution in [1.29, 1.82) is 5.26 Å². The Balaban J connectivity index is 1.62. The van der Waals surface area contributed by atoms with E-state index in [9.17, 15) is 4.79 Å². The molecule has 1 fully saturated rings. The first-order chi connectivity index (χ1) is 13.0. The molecule has 1 aromatic rings. The van der Waals surface area contributed by atoms with Gasteiger partial charge in [-0.2, -0.15) is 5.26 Å². The molecule has 0 aromatic heterocycles. The van der Waals surface area contributed by atoms with Gasteiger partial charge >= 0.3 is 0 Å². The van der Waals surface area contributed by atoms with E-state index >= 15 is 0 Å². The highest BCUT2D eigenvalue weighted by Gasteiger charge is 2.21. The number of carbonyl (C=O) groups excluding carboxylic acids is 1. The molecule has 1 heterocycles. The van der Waals surface area contributed by atoms with Crippen LogP contribution in [0.1, 0.15) is 32.3 Å². The Morgan fingerprint density at radius 2 is 2.07 bits per heavy atom. The maximum Gasteiger partial charge on any atom is 0.220 e. The van der Waals surface area contributed by atoms with Gasteiger partial charge in [-0.3, -0.25) is 9.69 Å². The van der Waals surface area contributed by atoms with Crippen LogP contribution in [-0.2, 0) is 9.53 Å². The molecule has 1 amide bonds. The first kappa shape index (κ1) is 21.0. The van der Waals surface area contributed by atoms with Crippen molar-refractivity contribution in [2.75, 3.05) is 39.9 Å². The van der Waals surface area contributed by atoms with E-state index in [0.29, 0.717) is 43.1 Å². The van der Waals surface area contributed by atoms with Crippen LogP contribution >= 0.6 is 0 Å². The number of morpholine rings is 1. The normalized spacial score (nSPS) is 19.9. The lowest BCUT2D eigenvalue weighted by Crippen LogP contribution is -2.47. The molecule has 2 unspecified atom stereocenters. The van der Waals surface area contributed by atoms with Crippen molar-refractivity contribution in [2.24, 2.45) is 0 Å². The van der Waals surface area contributed by atoms with Crippen molar-refractivity contribution in [3.05, 3.63) is 23.8 Å². The molecule has 1 N–H and O–H groups in total. The summed E-state index contributed by atoms with van der Waals surface area (Å²) in [6, 6.07) is 7.08. The quantitative estimate of drug-likeness (QED) is 0.664. The summed E-state index contributed by atoms with van der Waals surface area (Å²) < 4.78 is 16.6. The first-order valence-corrected chi connectivity index (χ1v) is 9.37. The predicted octanol–water partition coefficient (Wildman–Crippen LogP) is 1.95. The minimum Gasteiger partial charge on any atom is -0.493 e. The maximum atomic E-state index is 12.0. The average Bonchev–Trinajstić information content (AvgIpc) is 2.64. The first-order valence-electron chi connectivity index (χ1n) is 9.37. The van der Waals surface area contributed by atoms with Crippen molar-refractivity contribution >= 4 is 5.91 Å². The predicted molar refractivity (Wildman–Crippen MR) is 102 cm³/mol. The van der Waals surface area contributed by atoms with E-state index in [0.717, 1.165) is 19.6 Å². The van der Waals surface area contributed by atoms with E-state index in [4.69, 9.17) is 19.5 Å². The summed E-state index contributed by atoms with van der Waals surface area (Å²) in [7, 11) is 1.53. The smallest absolute Gasteiger partial charge is 0.220 e. The van der Waals surface area contributed by atoms with Crippen molar-refractivity contribution in [3.8, 4) is 17.6 Å². The number of benzene rings is 1. The van der Waals surface area contributed by atoms with Gasteiger partial charge < -0.3 is 19.5 Å². The highest BCUT2D eigenvalue weighted by atomic mass is 16.5. The van der Waals surface area contributed by atoms with Gasteiger partial charge in [0.2, 0.25) is 5.91 Å². The second-order valence-corrected chi connectivity index (χ2v) is 6.80. The Labute approximate surface area is 161 Å². The number of hydrogen-bond donors (Lipinski definition) is 1. The number of nitrogens with one attached hydrogen (secondary N) is 1. The molecule has 0 aliphatic carbocycles. The third-order valence-corrected chi connectivity index (χ3v) is 4.34. The Morgan fingerprint density at radius 1 is 1.33 bits per heavy atom. The summed E-state index contributed by atoms with van der Waals surface area (Å²) in [6.45, 7) is 7.84. The molecule has 1 aliphatic rings. The molecule has 148 valence electrons. The van der Waals surface area contributed by atoms with E-state index in [2.05, 4.69) is 30.1 Å². The summed E-state index contributed by atoms with van der Waals surface area (Å²) in [5.74, 6) is 1.12. The summed E-state index contributed by atoms with van der Waals surface area (Å²) in [5, 5.41) is 11.9.